The summed E-state index contributed by atoms with van der Waals surface area (Å²) < 4.78 is 0. The molecule has 118 valence electrons. The van der Waals surface area contributed by atoms with E-state index in [0.29, 0.717) is 12.0 Å². The van der Waals surface area contributed by atoms with Gasteiger partial charge in [0.2, 0.25) is 0 Å². The van der Waals surface area contributed by atoms with Crippen molar-refractivity contribution in [2.75, 3.05) is 52.9 Å². The fraction of sp³-hybridized carbons (Fsp3) is 0.933. The van der Waals surface area contributed by atoms with Crippen molar-refractivity contribution in [1.29, 1.82) is 0 Å². The van der Waals surface area contributed by atoms with Crippen molar-refractivity contribution in [2.24, 2.45) is 10.9 Å². The number of piperazine rings is 1. The van der Waals surface area contributed by atoms with E-state index in [2.05, 4.69) is 60.2 Å². The third kappa shape index (κ3) is 6.57. The summed E-state index contributed by atoms with van der Waals surface area (Å²) in [6.45, 7) is 16.2. The summed E-state index contributed by atoms with van der Waals surface area (Å²) in [5, 5.41) is 6.78. The van der Waals surface area contributed by atoms with Gasteiger partial charge in [0, 0.05) is 51.9 Å². The lowest BCUT2D eigenvalue weighted by atomic mass is 10.2. The summed E-state index contributed by atoms with van der Waals surface area (Å²) in [5.74, 6) is 1.54. The zero-order valence-corrected chi connectivity index (χ0v) is 13.9. The summed E-state index contributed by atoms with van der Waals surface area (Å²) in [6.07, 6.45) is 0. The zero-order chi connectivity index (χ0) is 15.0. The summed E-state index contributed by atoms with van der Waals surface area (Å²) in [6, 6.07) is 0.548. The van der Waals surface area contributed by atoms with E-state index < -0.39 is 0 Å². The second kappa shape index (κ2) is 9.19. The molecule has 1 aliphatic heterocycles. The number of likely N-dealkylation sites (N-methyl/N-ethyl adjacent to an activating group) is 1. The van der Waals surface area contributed by atoms with Crippen molar-refractivity contribution < 1.29 is 0 Å². The Morgan fingerprint density at radius 3 is 2.30 bits per heavy atom. The van der Waals surface area contributed by atoms with Crippen LogP contribution in [0.15, 0.2) is 4.99 Å². The maximum atomic E-state index is 4.61. The van der Waals surface area contributed by atoms with Crippen molar-refractivity contribution >= 4 is 5.96 Å². The van der Waals surface area contributed by atoms with E-state index in [1.165, 1.54) is 26.2 Å². The van der Waals surface area contributed by atoms with Crippen LogP contribution in [0.4, 0.5) is 0 Å². The Morgan fingerprint density at radius 1 is 1.10 bits per heavy atom. The highest BCUT2D eigenvalue weighted by molar-refractivity contribution is 5.79. The Bertz CT molecular complexity index is 282. The first-order chi connectivity index (χ1) is 9.52. The second-order valence-corrected chi connectivity index (χ2v) is 6.18. The quantitative estimate of drug-likeness (QED) is 0.560. The lowest BCUT2D eigenvalue weighted by Gasteiger charge is -2.36. The van der Waals surface area contributed by atoms with Crippen LogP contribution in [0.3, 0.4) is 0 Å². The highest BCUT2D eigenvalue weighted by Gasteiger charge is 2.18. The van der Waals surface area contributed by atoms with Crippen LogP contribution < -0.4 is 10.6 Å². The van der Waals surface area contributed by atoms with E-state index in [4.69, 9.17) is 0 Å². The van der Waals surface area contributed by atoms with Gasteiger partial charge in [0.25, 0.3) is 0 Å². The lowest BCUT2D eigenvalue weighted by molar-refractivity contribution is 0.120. The predicted octanol–water partition coefficient (Wildman–Crippen LogP) is 0.833. The van der Waals surface area contributed by atoms with Crippen LogP contribution >= 0.6 is 0 Å². The molecule has 20 heavy (non-hydrogen) atoms. The highest BCUT2D eigenvalue weighted by atomic mass is 15.3. The molecule has 1 saturated heterocycles. The molecule has 0 aromatic heterocycles. The van der Waals surface area contributed by atoms with Gasteiger partial charge in [0.1, 0.15) is 0 Å². The smallest absolute Gasteiger partial charge is 0.191 e. The topological polar surface area (TPSA) is 42.9 Å². The fourth-order valence-corrected chi connectivity index (χ4v) is 2.25. The summed E-state index contributed by atoms with van der Waals surface area (Å²) in [5.41, 5.74) is 0. The molecule has 5 heteroatoms. The molecular weight excluding hydrogens is 250 g/mol. The minimum atomic E-state index is 0.548. The first-order valence-electron chi connectivity index (χ1n) is 7.97. The normalized spacial score (nSPS) is 20.2. The van der Waals surface area contributed by atoms with Crippen molar-refractivity contribution in [1.82, 2.24) is 20.4 Å². The SMILES string of the molecule is CCNC(=NCC(C)C)NCC(C)N1CCN(C)CC1. The first kappa shape index (κ1) is 17.2. The van der Waals surface area contributed by atoms with Crippen LogP contribution in [0, 0.1) is 5.92 Å². The molecule has 0 aromatic carbocycles. The van der Waals surface area contributed by atoms with E-state index in [1.807, 2.05) is 0 Å². The molecule has 1 aliphatic rings. The Hall–Kier alpha value is -0.810. The van der Waals surface area contributed by atoms with Crippen LogP contribution in [0.25, 0.3) is 0 Å². The number of nitrogens with one attached hydrogen (secondary N) is 2. The molecule has 0 spiro atoms. The zero-order valence-electron chi connectivity index (χ0n) is 13.9. The van der Waals surface area contributed by atoms with E-state index in [-0.39, 0.29) is 0 Å². The third-order valence-electron chi connectivity index (χ3n) is 3.68. The fourth-order valence-electron chi connectivity index (χ4n) is 2.25. The van der Waals surface area contributed by atoms with Crippen molar-refractivity contribution in [3.8, 4) is 0 Å². The Morgan fingerprint density at radius 2 is 1.75 bits per heavy atom. The van der Waals surface area contributed by atoms with Crippen LogP contribution in [0.5, 0.6) is 0 Å². The predicted molar refractivity (Wildman–Crippen MR) is 87.4 cm³/mol. The van der Waals surface area contributed by atoms with Gasteiger partial charge in [0.05, 0.1) is 0 Å². The lowest BCUT2D eigenvalue weighted by Crippen LogP contribution is -2.52. The van der Waals surface area contributed by atoms with E-state index in [1.54, 1.807) is 0 Å². The standard InChI is InChI=1S/C15H33N5/c1-6-16-15(17-11-13(2)3)18-12-14(4)20-9-7-19(5)8-10-20/h13-14H,6-12H2,1-5H3,(H2,16,17,18). The van der Waals surface area contributed by atoms with Gasteiger partial charge in [-0.3, -0.25) is 9.89 Å². The number of hydrogen-bond acceptors (Lipinski definition) is 3. The van der Waals surface area contributed by atoms with Gasteiger partial charge in [-0.25, -0.2) is 0 Å². The maximum Gasteiger partial charge on any atom is 0.191 e. The average molecular weight is 283 g/mol. The average Bonchev–Trinajstić information content (AvgIpc) is 2.42. The van der Waals surface area contributed by atoms with Gasteiger partial charge >= 0.3 is 0 Å². The molecule has 1 unspecified atom stereocenters. The van der Waals surface area contributed by atoms with Crippen molar-refractivity contribution in [3.63, 3.8) is 0 Å². The maximum absolute atomic E-state index is 4.61. The van der Waals surface area contributed by atoms with Crippen LogP contribution in [0.1, 0.15) is 27.7 Å². The molecule has 1 rings (SSSR count). The molecule has 0 aliphatic carbocycles. The molecule has 1 heterocycles. The number of aliphatic imine (C=N–C) groups is 1. The Balaban J connectivity index is 2.36. The first-order valence-corrected chi connectivity index (χ1v) is 7.97. The largest absolute Gasteiger partial charge is 0.357 e. The molecular formula is C15H33N5. The number of guanidine groups is 1. The molecule has 0 amide bonds. The third-order valence-corrected chi connectivity index (χ3v) is 3.68. The van der Waals surface area contributed by atoms with E-state index in [0.717, 1.165) is 25.6 Å². The Labute approximate surface area is 124 Å². The summed E-state index contributed by atoms with van der Waals surface area (Å²) in [4.78, 5) is 9.56. The number of nitrogens with zero attached hydrogens (tertiary/aromatic N) is 3. The summed E-state index contributed by atoms with van der Waals surface area (Å²) in [7, 11) is 2.20. The van der Waals surface area contributed by atoms with Crippen LogP contribution in [-0.4, -0.2) is 74.7 Å². The van der Waals surface area contributed by atoms with E-state index >= 15 is 0 Å². The molecule has 1 fully saturated rings. The highest BCUT2D eigenvalue weighted by Crippen LogP contribution is 2.04. The molecule has 1 atom stereocenters. The molecule has 0 bridgehead atoms. The van der Waals surface area contributed by atoms with E-state index in [9.17, 15) is 0 Å². The van der Waals surface area contributed by atoms with Gasteiger partial charge in [-0.05, 0) is 26.8 Å². The van der Waals surface area contributed by atoms with Crippen LogP contribution in [-0.2, 0) is 0 Å². The van der Waals surface area contributed by atoms with Gasteiger partial charge in [0.15, 0.2) is 5.96 Å². The van der Waals surface area contributed by atoms with Gasteiger partial charge in [-0.1, -0.05) is 13.8 Å². The minimum Gasteiger partial charge on any atom is -0.357 e. The van der Waals surface area contributed by atoms with Gasteiger partial charge in [-0.2, -0.15) is 0 Å². The molecule has 2 N–H and O–H groups in total. The monoisotopic (exact) mass is 283 g/mol. The molecule has 0 saturated carbocycles. The molecule has 0 aromatic rings. The summed E-state index contributed by atoms with van der Waals surface area (Å²) >= 11 is 0. The van der Waals surface area contributed by atoms with Gasteiger partial charge < -0.3 is 15.5 Å². The Kier molecular flexibility index (Phi) is 7.92. The van der Waals surface area contributed by atoms with Crippen molar-refractivity contribution in [2.45, 2.75) is 33.7 Å². The second-order valence-electron chi connectivity index (χ2n) is 6.18. The van der Waals surface area contributed by atoms with Gasteiger partial charge in [-0.15, -0.1) is 0 Å². The minimum absolute atomic E-state index is 0.548. The number of hydrogen-bond donors (Lipinski definition) is 2. The number of rotatable bonds is 6. The molecule has 5 nitrogen and oxygen atoms in total. The van der Waals surface area contributed by atoms with Crippen LogP contribution in [0.2, 0.25) is 0 Å². The molecule has 0 radical (unpaired) electrons. The van der Waals surface area contributed by atoms with Crippen molar-refractivity contribution in [3.05, 3.63) is 0 Å².